The maximum atomic E-state index is 15.2. The Hall–Kier alpha value is -6.06. The molecule has 0 spiro atoms. The highest BCUT2D eigenvalue weighted by atomic mass is 16.6. The highest BCUT2D eigenvalue weighted by molar-refractivity contribution is 6.31. The first-order valence-corrected chi connectivity index (χ1v) is 20.3. The van der Waals surface area contributed by atoms with Gasteiger partial charge in [-0.05, 0) is 49.1 Å². The first-order chi connectivity index (χ1) is 30.4. The van der Waals surface area contributed by atoms with Gasteiger partial charge in [-0.15, -0.1) is 0 Å². The van der Waals surface area contributed by atoms with Crippen LogP contribution in [0.1, 0.15) is 86.5 Å². The summed E-state index contributed by atoms with van der Waals surface area (Å²) >= 11 is 0. The largest absolute Gasteiger partial charge is 0.506 e. The molecular weight excluding hydrogens is 840 g/mol. The van der Waals surface area contributed by atoms with Gasteiger partial charge in [0, 0.05) is 43.4 Å². The average molecular weight is 889 g/mol. The van der Waals surface area contributed by atoms with E-state index in [4.69, 9.17) is 28.4 Å². The summed E-state index contributed by atoms with van der Waals surface area (Å²) in [6, 6.07) is 9.53. The molecule has 64 heavy (non-hydrogen) atoms. The number of rotatable bonds is 12. The van der Waals surface area contributed by atoms with E-state index in [1.807, 2.05) is 19.1 Å². The number of ketones is 4. The SMILES string of the molecule is COC(=O)c1c(C)cc2c(c1OCCNC(=O)OCc1ccccc1C)[C@]1(O)C(=O)c3cc4c(c(O)c3C(=O)[C@]1(OC)[C@H](O)C2)C(=O)C=C(NC1O[C@@H](C)[C@H](OC)[C@@H](O)[C@H]1CO)C4=O. The number of Topliss-reactive ketones (excluding diaryl/α,β-unsaturated/α-hetero) is 3. The second-order valence-corrected chi connectivity index (χ2v) is 16.0. The van der Waals surface area contributed by atoms with Crippen LogP contribution in [0.25, 0.3) is 0 Å². The number of aliphatic hydroxyl groups excluding tert-OH is 3. The fourth-order valence-electron chi connectivity index (χ4n) is 9.29. The number of aromatic hydroxyl groups is 1. The summed E-state index contributed by atoms with van der Waals surface area (Å²) in [5.74, 6) is -8.34. The molecule has 0 radical (unpaired) electrons. The van der Waals surface area contributed by atoms with Crippen LogP contribution >= 0.6 is 0 Å². The summed E-state index contributed by atoms with van der Waals surface area (Å²) in [5.41, 5.74) is -8.31. The van der Waals surface area contributed by atoms with Gasteiger partial charge in [0.2, 0.25) is 17.3 Å². The van der Waals surface area contributed by atoms with E-state index in [1.165, 1.54) is 20.1 Å². The van der Waals surface area contributed by atoms with Gasteiger partial charge in [-0.25, -0.2) is 9.59 Å². The van der Waals surface area contributed by atoms with Crippen molar-refractivity contribution in [2.45, 2.75) is 75.6 Å². The Morgan fingerprint density at radius 1 is 0.969 bits per heavy atom. The first kappa shape index (κ1) is 45.9. The van der Waals surface area contributed by atoms with Crippen LogP contribution in [0.4, 0.5) is 4.79 Å². The van der Waals surface area contributed by atoms with E-state index < -0.39 is 148 Å². The highest BCUT2D eigenvalue weighted by Gasteiger charge is 2.73. The number of phenols is 1. The second-order valence-electron chi connectivity index (χ2n) is 16.0. The Bertz CT molecular complexity index is 2500. The van der Waals surface area contributed by atoms with Crippen molar-refractivity contribution >= 4 is 35.2 Å². The van der Waals surface area contributed by atoms with Gasteiger partial charge in [-0.1, -0.05) is 30.3 Å². The summed E-state index contributed by atoms with van der Waals surface area (Å²) in [6.07, 6.45) is -6.58. The molecule has 1 unspecified atom stereocenters. The zero-order valence-electron chi connectivity index (χ0n) is 35.7. The summed E-state index contributed by atoms with van der Waals surface area (Å²) < 4.78 is 33.4. The van der Waals surface area contributed by atoms with Gasteiger partial charge in [-0.3, -0.25) is 19.2 Å². The number of ether oxygens (including phenoxy) is 6. The quantitative estimate of drug-likeness (QED) is 0.0995. The van der Waals surface area contributed by atoms with Crippen LogP contribution in [0.3, 0.4) is 0 Å². The first-order valence-electron chi connectivity index (χ1n) is 20.3. The lowest BCUT2D eigenvalue weighted by molar-refractivity contribution is -0.214. The molecule has 1 saturated heterocycles. The number of nitrogens with one attached hydrogen (secondary N) is 2. The molecule has 4 aliphatic rings. The summed E-state index contributed by atoms with van der Waals surface area (Å²) in [4.78, 5) is 84.1. The zero-order valence-corrected chi connectivity index (χ0v) is 35.7. The maximum Gasteiger partial charge on any atom is 0.407 e. The third kappa shape index (κ3) is 7.03. The van der Waals surface area contributed by atoms with Crippen molar-refractivity contribution in [3.63, 3.8) is 0 Å². The van der Waals surface area contributed by atoms with E-state index in [9.17, 15) is 49.5 Å². The number of phenolic OH excluding ortho intramolecular Hbond substituents is 1. The molecule has 1 aliphatic heterocycles. The number of alkyl carbamates (subject to hydrolysis) is 1. The van der Waals surface area contributed by atoms with E-state index in [-0.39, 0.29) is 29.8 Å². The summed E-state index contributed by atoms with van der Waals surface area (Å²) in [7, 11) is 3.35. The number of aliphatic hydroxyl groups is 4. The Labute approximate surface area is 365 Å². The predicted octanol–water partition coefficient (Wildman–Crippen LogP) is 1.25. The van der Waals surface area contributed by atoms with Crippen LogP contribution in [0, 0.1) is 19.8 Å². The molecule has 1 amide bonds. The molecule has 1 fully saturated rings. The number of hydrogen-bond donors (Lipinski definition) is 7. The molecule has 19 heteroatoms. The van der Waals surface area contributed by atoms with Crippen molar-refractivity contribution in [2.24, 2.45) is 5.92 Å². The van der Waals surface area contributed by atoms with Crippen molar-refractivity contribution in [1.82, 2.24) is 10.6 Å². The lowest BCUT2D eigenvalue weighted by atomic mass is 9.56. The van der Waals surface area contributed by atoms with Crippen molar-refractivity contribution in [3.8, 4) is 11.5 Å². The molecule has 0 aromatic heterocycles. The lowest BCUT2D eigenvalue weighted by Crippen LogP contribution is -2.73. The van der Waals surface area contributed by atoms with Gasteiger partial charge in [0.15, 0.2) is 17.0 Å². The molecule has 19 nitrogen and oxygen atoms in total. The second kappa shape index (κ2) is 17.5. The van der Waals surface area contributed by atoms with Crippen LogP contribution in [0.2, 0.25) is 0 Å². The molecule has 3 aliphatic carbocycles. The minimum absolute atomic E-state index is 0.0340. The van der Waals surface area contributed by atoms with Crippen LogP contribution in [0.15, 0.2) is 48.2 Å². The minimum atomic E-state index is -3.27. The topological polar surface area (TPSA) is 283 Å². The highest BCUT2D eigenvalue weighted by Crippen LogP contribution is 2.57. The Balaban J connectivity index is 1.28. The molecule has 0 saturated carbocycles. The monoisotopic (exact) mass is 888 g/mol. The maximum absolute atomic E-state index is 15.2. The molecule has 3 aromatic carbocycles. The molecule has 7 rings (SSSR count). The molecule has 7 N–H and O–H groups in total. The van der Waals surface area contributed by atoms with Gasteiger partial charge in [0.05, 0.1) is 61.3 Å². The third-order valence-electron chi connectivity index (χ3n) is 12.5. The minimum Gasteiger partial charge on any atom is -0.506 e. The van der Waals surface area contributed by atoms with Crippen LogP contribution in [0.5, 0.6) is 11.5 Å². The lowest BCUT2D eigenvalue weighted by Gasteiger charge is -2.53. The average Bonchev–Trinajstić information content (AvgIpc) is 3.25. The number of aryl methyl sites for hydroxylation is 2. The van der Waals surface area contributed by atoms with Gasteiger partial charge in [0.1, 0.15) is 42.6 Å². The van der Waals surface area contributed by atoms with Gasteiger partial charge in [-0.2, -0.15) is 0 Å². The van der Waals surface area contributed by atoms with E-state index in [0.29, 0.717) is 0 Å². The van der Waals surface area contributed by atoms with E-state index in [1.54, 1.807) is 19.1 Å². The van der Waals surface area contributed by atoms with E-state index in [0.717, 1.165) is 37.5 Å². The zero-order chi connectivity index (χ0) is 46.6. The number of amides is 1. The molecule has 1 heterocycles. The van der Waals surface area contributed by atoms with Crippen molar-refractivity contribution in [3.05, 3.63) is 104 Å². The van der Waals surface area contributed by atoms with E-state index in [2.05, 4.69) is 10.6 Å². The number of hydrogen-bond acceptors (Lipinski definition) is 18. The standard InChI is InChI=1S/C45H48N2O17/c1-19-9-7-8-10-22(19)18-63-43(57)46-11-12-62-38-30(42(56)60-5)20(2)13-23-14-29(50)45(61-6)40(55)32-25(39(54)44(45,58)33(23)38)15-24-31(36(32)53)28(49)16-27(34(24)51)47-41-26(17-48)35(52)37(59-4)21(3)64-41/h7-10,13,15-16,21,26,29,35,37,41,47-48,50,52-53,58H,11-12,14,17-18H2,1-6H3,(H,46,57)/t21-,26+,29+,35-,37-,41?,44-,45+/m0/s1. The Morgan fingerprint density at radius 3 is 2.34 bits per heavy atom. The van der Waals surface area contributed by atoms with Crippen LogP contribution in [-0.4, -0.2) is 138 Å². The van der Waals surface area contributed by atoms with Crippen molar-refractivity contribution in [1.29, 1.82) is 0 Å². The number of carbonyl (C=O) groups excluding carboxylic acids is 6. The summed E-state index contributed by atoms with van der Waals surface area (Å²) in [6.45, 7) is 3.64. The summed E-state index contributed by atoms with van der Waals surface area (Å²) in [5, 5.41) is 62.9. The number of fused-ring (bicyclic) bond motifs is 5. The molecule has 340 valence electrons. The fraction of sp³-hybridized carbons (Fsp3) is 0.422. The third-order valence-corrected chi connectivity index (χ3v) is 12.5. The fourth-order valence-corrected chi connectivity index (χ4v) is 9.29. The predicted molar refractivity (Wildman–Crippen MR) is 219 cm³/mol. The molecule has 8 atom stereocenters. The Kier molecular flexibility index (Phi) is 12.6. The van der Waals surface area contributed by atoms with Crippen LogP contribution < -0.4 is 15.4 Å². The van der Waals surface area contributed by atoms with Gasteiger partial charge >= 0.3 is 12.1 Å². The number of allylic oxidation sites excluding steroid dienone is 2. The number of carbonyl (C=O) groups is 6. The number of esters is 1. The van der Waals surface area contributed by atoms with Crippen LogP contribution in [-0.2, 0) is 42.3 Å². The van der Waals surface area contributed by atoms with Gasteiger partial charge in [0.25, 0.3) is 0 Å². The molecule has 3 aromatic rings. The molecule has 0 bridgehead atoms. The Morgan fingerprint density at radius 2 is 1.69 bits per heavy atom. The van der Waals surface area contributed by atoms with Crippen molar-refractivity contribution < 1.29 is 82.7 Å². The van der Waals surface area contributed by atoms with E-state index >= 15 is 4.79 Å². The normalized spacial score (nSPS) is 27.1. The smallest absolute Gasteiger partial charge is 0.407 e. The molecular formula is C45H48N2O17. The number of benzene rings is 3. The van der Waals surface area contributed by atoms with Gasteiger partial charge < -0.3 is 64.6 Å². The number of methoxy groups -OCH3 is 3. The van der Waals surface area contributed by atoms with Crippen molar-refractivity contribution in [2.75, 3.05) is 41.1 Å².